The Morgan fingerprint density at radius 2 is 2.21 bits per heavy atom. The Labute approximate surface area is 122 Å². The Bertz CT molecular complexity index is 349. The van der Waals surface area contributed by atoms with Gasteiger partial charge in [0.2, 0.25) is 0 Å². The van der Waals surface area contributed by atoms with Crippen LogP contribution >= 0.6 is 11.8 Å². The number of thioether (sulfide) groups is 1. The predicted octanol–water partition coefficient (Wildman–Crippen LogP) is 3.23. The summed E-state index contributed by atoms with van der Waals surface area (Å²) in [6.07, 6.45) is 3.68. The maximum Gasteiger partial charge on any atom is 0.0389 e. The third-order valence-corrected chi connectivity index (χ3v) is 5.38. The molecule has 2 heterocycles. The van der Waals surface area contributed by atoms with E-state index < -0.39 is 0 Å². The summed E-state index contributed by atoms with van der Waals surface area (Å²) in [5.74, 6) is 3.31. The van der Waals surface area contributed by atoms with Crippen molar-refractivity contribution < 1.29 is 0 Å². The van der Waals surface area contributed by atoms with Crippen molar-refractivity contribution >= 4 is 11.8 Å². The molecule has 1 atom stereocenters. The lowest BCUT2D eigenvalue weighted by Gasteiger charge is -2.34. The van der Waals surface area contributed by atoms with Crippen LogP contribution in [0.5, 0.6) is 0 Å². The zero-order valence-electron chi connectivity index (χ0n) is 12.7. The van der Waals surface area contributed by atoms with E-state index in [0.29, 0.717) is 6.04 Å². The lowest BCUT2D eigenvalue weighted by molar-refractivity contribution is 0.214. The summed E-state index contributed by atoms with van der Waals surface area (Å²) in [7, 11) is 0. The highest BCUT2D eigenvalue weighted by atomic mass is 32.2. The Morgan fingerprint density at radius 3 is 2.89 bits per heavy atom. The number of allylic oxidation sites excluding steroid dienone is 1. The highest BCUT2D eigenvalue weighted by Gasteiger charge is 2.25. The van der Waals surface area contributed by atoms with E-state index in [1.807, 2.05) is 0 Å². The molecule has 0 amide bonds. The lowest BCUT2D eigenvalue weighted by Crippen LogP contribution is -2.38. The molecule has 2 aliphatic heterocycles. The molecular formula is C16H28N2S. The van der Waals surface area contributed by atoms with E-state index in [1.54, 1.807) is 5.57 Å². The standard InChI is InChI=1S/C16H28N2S/c1-13(2)17-7-5-6-15(10-17)16-11-18(14(3)4)8-9-19-12-16/h6,14,16H,1,5,7-12H2,2-4H3. The highest BCUT2D eigenvalue weighted by molar-refractivity contribution is 7.99. The summed E-state index contributed by atoms with van der Waals surface area (Å²) in [6.45, 7) is 15.6. The van der Waals surface area contributed by atoms with E-state index in [0.717, 1.165) is 19.0 Å². The molecule has 0 aromatic rings. The van der Waals surface area contributed by atoms with Gasteiger partial charge in [-0.2, -0.15) is 11.8 Å². The number of nitrogens with zero attached hydrogens (tertiary/aromatic N) is 2. The molecule has 1 fully saturated rings. The van der Waals surface area contributed by atoms with Crippen LogP contribution < -0.4 is 0 Å². The second-order valence-corrected chi connectivity index (χ2v) is 7.23. The molecule has 0 aromatic carbocycles. The average molecular weight is 280 g/mol. The van der Waals surface area contributed by atoms with Gasteiger partial charge in [0, 0.05) is 55.3 Å². The molecule has 2 nitrogen and oxygen atoms in total. The van der Waals surface area contributed by atoms with Gasteiger partial charge in [0.25, 0.3) is 0 Å². The molecule has 0 aliphatic carbocycles. The van der Waals surface area contributed by atoms with Gasteiger partial charge in [-0.25, -0.2) is 0 Å². The van der Waals surface area contributed by atoms with Crippen molar-refractivity contribution in [1.82, 2.24) is 9.80 Å². The molecule has 2 rings (SSSR count). The summed E-state index contributed by atoms with van der Waals surface area (Å²) in [5.41, 5.74) is 2.86. The largest absolute Gasteiger partial charge is 0.371 e. The van der Waals surface area contributed by atoms with Crippen LogP contribution in [0.15, 0.2) is 23.9 Å². The molecule has 0 N–H and O–H groups in total. The molecule has 108 valence electrons. The maximum atomic E-state index is 4.10. The fraction of sp³-hybridized carbons (Fsp3) is 0.750. The minimum atomic E-state index is 0.669. The van der Waals surface area contributed by atoms with Gasteiger partial charge in [-0.15, -0.1) is 0 Å². The van der Waals surface area contributed by atoms with E-state index in [2.05, 4.69) is 55.0 Å². The van der Waals surface area contributed by atoms with Crippen LogP contribution in [0.25, 0.3) is 0 Å². The fourth-order valence-corrected chi connectivity index (χ4v) is 4.05. The molecule has 1 unspecified atom stereocenters. The zero-order valence-corrected chi connectivity index (χ0v) is 13.5. The van der Waals surface area contributed by atoms with Crippen molar-refractivity contribution in [2.24, 2.45) is 5.92 Å². The first-order chi connectivity index (χ1) is 9.08. The van der Waals surface area contributed by atoms with Crippen LogP contribution in [0.2, 0.25) is 0 Å². The van der Waals surface area contributed by atoms with Crippen LogP contribution in [-0.4, -0.2) is 53.5 Å². The normalized spacial score (nSPS) is 26.2. The topological polar surface area (TPSA) is 6.48 Å². The molecule has 0 saturated carbocycles. The van der Waals surface area contributed by atoms with Crippen molar-refractivity contribution in [2.45, 2.75) is 33.2 Å². The predicted molar refractivity (Wildman–Crippen MR) is 86.6 cm³/mol. The number of hydrogen-bond donors (Lipinski definition) is 0. The number of rotatable bonds is 3. The van der Waals surface area contributed by atoms with Crippen LogP contribution in [0.4, 0.5) is 0 Å². The van der Waals surface area contributed by atoms with Gasteiger partial charge in [-0.1, -0.05) is 12.7 Å². The van der Waals surface area contributed by atoms with Gasteiger partial charge in [-0.05, 0) is 32.8 Å². The first-order valence-electron chi connectivity index (χ1n) is 7.49. The zero-order chi connectivity index (χ0) is 13.8. The number of hydrogen-bond acceptors (Lipinski definition) is 3. The maximum absolute atomic E-state index is 4.10. The van der Waals surface area contributed by atoms with Gasteiger partial charge in [-0.3, -0.25) is 4.90 Å². The Balaban J connectivity index is 2.03. The van der Waals surface area contributed by atoms with E-state index >= 15 is 0 Å². The first kappa shape index (κ1) is 15.0. The molecule has 1 saturated heterocycles. The van der Waals surface area contributed by atoms with Crippen LogP contribution in [-0.2, 0) is 0 Å². The highest BCUT2D eigenvalue weighted by Crippen LogP contribution is 2.27. The molecule has 0 spiro atoms. The summed E-state index contributed by atoms with van der Waals surface area (Å²) in [5, 5.41) is 0. The lowest BCUT2D eigenvalue weighted by atomic mass is 9.95. The first-order valence-corrected chi connectivity index (χ1v) is 8.64. The van der Waals surface area contributed by atoms with E-state index in [1.165, 1.54) is 36.7 Å². The van der Waals surface area contributed by atoms with Crippen molar-refractivity contribution in [2.75, 3.05) is 37.7 Å². The molecule has 0 radical (unpaired) electrons. The molecule has 19 heavy (non-hydrogen) atoms. The summed E-state index contributed by atoms with van der Waals surface area (Å²) in [4.78, 5) is 5.08. The third-order valence-electron chi connectivity index (χ3n) is 4.27. The van der Waals surface area contributed by atoms with Crippen LogP contribution in [0, 0.1) is 5.92 Å². The fourth-order valence-electron chi connectivity index (χ4n) is 2.92. The Morgan fingerprint density at radius 1 is 1.42 bits per heavy atom. The van der Waals surface area contributed by atoms with Gasteiger partial charge >= 0.3 is 0 Å². The van der Waals surface area contributed by atoms with Crippen molar-refractivity contribution in [3.8, 4) is 0 Å². The molecule has 3 heteroatoms. The van der Waals surface area contributed by atoms with Crippen LogP contribution in [0.3, 0.4) is 0 Å². The van der Waals surface area contributed by atoms with Crippen molar-refractivity contribution in [3.63, 3.8) is 0 Å². The SMILES string of the molecule is C=C(C)N1CCC=C(C2CSCCN(C(C)C)C2)C1. The Hall–Kier alpha value is -0.410. The van der Waals surface area contributed by atoms with Gasteiger partial charge in [0.15, 0.2) is 0 Å². The third kappa shape index (κ3) is 4.03. The van der Waals surface area contributed by atoms with E-state index in [-0.39, 0.29) is 0 Å². The smallest absolute Gasteiger partial charge is 0.0389 e. The van der Waals surface area contributed by atoms with E-state index in [4.69, 9.17) is 0 Å². The van der Waals surface area contributed by atoms with Crippen LogP contribution in [0.1, 0.15) is 27.2 Å². The van der Waals surface area contributed by atoms with Gasteiger partial charge in [0.1, 0.15) is 0 Å². The van der Waals surface area contributed by atoms with Crippen molar-refractivity contribution in [3.05, 3.63) is 23.9 Å². The molecular weight excluding hydrogens is 252 g/mol. The van der Waals surface area contributed by atoms with Crippen molar-refractivity contribution in [1.29, 1.82) is 0 Å². The second-order valence-electron chi connectivity index (χ2n) is 6.09. The minimum absolute atomic E-state index is 0.669. The Kier molecular flexibility index (Phi) is 5.40. The summed E-state index contributed by atoms with van der Waals surface area (Å²) < 4.78 is 0. The minimum Gasteiger partial charge on any atom is -0.371 e. The molecule has 0 bridgehead atoms. The van der Waals surface area contributed by atoms with Gasteiger partial charge < -0.3 is 4.90 Å². The van der Waals surface area contributed by atoms with Gasteiger partial charge in [0.05, 0.1) is 0 Å². The monoisotopic (exact) mass is 280 g/mol. The molecule has 2 aliphatic rings. The van der Waals surface area contributed by atoms with E-state index in [9.17, 15) is 0 Å². The summed E-state index contributed by atoms with van der Waals surface area (Å²) in [6, 6.07) is 0.669. The quantitative estimate of drug-likeness (QED) is 0.733. The summed E-state index contributed by atoms with van der Waals surface area (Å²) >= 11 is 2.12. The average Bonchev–Trinajstić information content (AvgIpc) is 2.64. The molecule has 0 aromatic heterocycles. The second kappa shape index (κ2) is 6.85.